The molecule has 202 valence electrons. The second-order valence-electron chi connectivity index (χ2n) is 13.4. The average molecular weight is 526 g/mol. The van der Waals surface area contributed by atoms with Gasteiger partial charge in [-0.1, -0.05) is 46.2 Å². The molecule has 3 fully saturated rings. The topological polar surface area (TPSA) is 39.9 Å². The Morgan fingerprint density at radius 3 is 2.41 bits per heavy atom. The minimum Gasteiger partial charge on any atom is -0.470 e. The first kappa shape index (κ1) is 26.5. The van der Waals surface area contributed by atoms with E-state index in [-0.39, 0.29) is 17.4 Å². The van der Waals surface area contributed by atoms with Gasteiger partial charge in [-0.2, -0.15) is 0 Å². The highest BCUT2D eigenvalue weighted by Crippen LogP contribution is 2.41. The number of carbonyl (C=O) groups is 1. The molecule has 1 aromatic carbocycles. The average Bonchev–Trinajstić information content (AvgIpc) is 3.61. The fourth-order valence-corrected chi connectivity index (χ4v) is 6.91. The Kier molecular flexibility index (Phi) is 7.30. The standard InChI is InChI=1S/C31H44ClN3O2/c1-30(2,3)27-18-23(32)6-7-28(27)34-15-10-22(19-34)29(36)35(24-8-13-31(4,5)14-9-24)25-11-16-33(20-25)26-12-17-37-21-26/h6-7,12,17-18,21-22,24-25H,8-11,13-16,19-20H2,1-5H3/t22-,25?/m0/s1. The summed E-state index contributed by atoms with van der Waals surface area (Å²) in [4.78, 5) is 21.5. The highest BCUT2D eigenvalue weighted by Gasteiger charge is 2.42. The molecule has 2 atom stereocenters. The molecule has 3 aliphatic rings. The van der Waals surface area contributed by atoms with Crippen LogP contribution in [0.25, 0.3) is 0 Å². The van der Waals surface area contributed by atoms with Crippen LogP contribution in [-0.4, -0.2) is 49.1 Å². The summed E-state index contributed by atoms with van der Waals surface area (Å²) in [5.74, 6) is 0.416. The van der Waals surface area contributed by atoms with Crippen molar-refractivity contribution in [3.63, 3.8) is 0 Å². The maximum atomic E-state index is 14.3. The highest BCUT2D eigenvalue weighted by atomic mass is 35.5. The monoisotopic (exact) mass is 525 g/mol. The van der Waals surface area contributed by atoms with Crippen LogP contribution >= 0.6 is 11.6 Å². The molecule has 1 amide bonds. The van der Waals surface area contributed by atoms with E-state index in [9.17, 15) is 4.79 Å². The lowest BCUT2D eigenvalue weighted by Gasteiger charge is -2.43. The molecular weight excluding hydrogens is 482 g/mol. The van der Waals surface area contributed by atoms with Crippen LogP contribution < -0.4 is 9.80 Å². The number of nitrogens with zero attached hydrogens (tertiary/aromatic N) is 3. The number of anilines is 2. The molecule has 2 aliphatic heterocycles. The number of furan rings is 1. The zero-order valence-electron chi connectivity index (χ0n) is 23.3. The van der Waals surface area contributed by atoms with Crippen molar-refractivity contribution in [2.24, 2.45) is 11.3 Å². The Hall–Kier alpha value is -2.14. The first-order valence-corrected chi connectivity index (χ1v) is 14.5. The quantitative estimate of drug-likeness (QED) is 0.416. The van der Waals surface area contributed by atoms with Gasteiger partial charge in [-0.15, -0.1) is 0 Å². The minimum absolute atomic E-state index is 0.0103. The Balaban J connectivity index is 1.35. The SMILES string of the molecule is CC1(C)CCC(N(C(=O)[C@H]2CCN(c3ccc(Cl)cc3C(C)(C)C)C2)C2CCN(c3ccoc3)C2)CC1. The molecule has 0 radical (unpaired) electrons. The van der Waals surface area contributed by atoms with Gasteiger partial charge in [0.1, 0.15) is 6.26 Å². The summed E-state index contributed by atoms with van der Waals surface area (Å²) in [6.45, 7) is 15.0. The Labute approximate surface area is 228 Å². The molecule has 1 saturated carbocycles. The van der Waals surface area contributed by atoms with Crippen LogP contribution in [0.4, 0.5) is 11.4 Å². The van der Waals surface area contributed by atoms with Crippen molar-refractivity contribution in [3.05, 3.63) is 47.4 Å². The van der Waals surface area contributed by atoms with E-state index in [1.165, 1.54) is 24.1 Å². The van der Waals surface area contributed by atoms with Crippen LogP contribution in [0.5, 0.6) is 0 Å². The molecule has 1 aliphatic carbocycles. The minimum atomic E-state index is -0.0103. The summed E-state index contributed by atoms with van der Waals surface area (Å²) in [5.41, 5.74) is 3.98. The van der Waals surface area contributed by atoms with Gasteiger partial charge in [0, 0.05) is 42.9 Å². The number of benzene rings is 1. The maximum absolute atomic E-state index is 14.3. The van der Waals surface area contributed by atoms with Gasteiger partial charge in [0.05, 0.1) is 23.9 Å². The van der Waals surface area contributed by atoms with Crippen molar-refractivity contribution in [1.82, 2.24) is 4.90 Å². The van der Waals surface area contributed by atoms with E-state index in [1.54, 1.807) is 6.26 Å². The Bertz CT molecular complexity index is 1080. The van der Waals surface area contributed by atoms with Gasteiger partial charge in [-0.25, -0.2) is 0 Å². The van der Waals surface area contributed by atoms with Crippen LogP contribution in [0, 0.1) is 11.3 Å². The fourth-order valence-electron chi connectivity index (χ4n) is 6.74. The van der Waals surface area contributed by atoms with E-state index in [4.69, 9.17) is 16.0 Å². The predicted molar refractivity (Wildman–Crippen MR) is 153 cm³/mol. The van der Waals surface area contributed by atoms with Crippen LogP contribution in [0.1, 0.15) is 78.7 Å². The number of halogens is 1. The lowest BCUT2D eigenvalue weighted by atomic mass is 9.75. The van der Waals surface area contributed by atoms with Gasteiger partial charge in [0.2, 0.25) is 5.91 Å². The first-order valence-electron chi connectivity index (χ1n) is 14.2. The molecule has 5 rings (SSSR count). The molecule has 37 heavy (non-hydrogen) atoms. The summed E-state index contributed by atoms with van der Waals surface area (Å²) < 4.78 is 5.35. The second-order valence-corrected chi connectivity index (χ2v) is 13.8. The zero-order chi connectivity index (χ0) is 26.4. The van der Waals surface area contributed by atoms with Gasteiger partial charge in [0.25, 0.3) is 0 Å². The molecule has 1 unspecified atom stereocenters. The number of carbonyl (C=O) groups excluding carboxylic acids is 1. The van der Waals surface area contributed by atoms with Crippen molar-refractivity contribution < 1.29 is 9.21 Å². The van der Waals surface area contributed by atoms with E-state index in [0.29, 0.717) is 17.4 Å². The Morgan fingerprint density at radius 1 is 1.00 bits per heavy atom. The molecule has 6 heteroatoms. The molecule has 3 heterocycles. The van der Waals surface area contributed by atoms with Crippen LogP contribution in [0.15, 0.2) is 41.2 Å². The highest BCUT2D eigenvalue weighted by molar-refractivity contribution is 6.30. The fraction of sp³-hybridized carbons (Fsp3) is 0.645. The van der Waals surface area contributed by atoms with Crippen molar-refractivity contribution >= 4 is 28.9 Å². The molecule has 5 nitrogen and oxygen atoms in total. The van der Waals surface area contributed by atoms with Gasteiger partial charge >= 0.3 is 0 Å². The molecule has 0 spiro atoms. The van der Waals surface area contributed by atoms with Crippen LogP contribution in [0.3, 0.4) is 0 Å². The molecular formula is C31H44ClN3O2. The number of hydrogen-bond acceptors (Lipinski definition) is 4. The van der Waals surface area contributed by atoms with E-state index in [0.717, 1.165) is 62.6 Å². The lowest BCUT2D eigenvalue weighted by molar-refractivity contribution is -0.141. The van der Waals surface area contributed by atoms with Gasteiger partial charge in [0.15, 0.2) is 0 Å². The van der Waals surface area contributed by atoms with Crippen molar-refractivity contribution in [2.45, 2.75) is 90.6 Å². The van der Waals surface area contributed by atoms with Gasteiger partial charge in [-0.05, 0) is 79.2 Å². The third-order valence-corrected chi connectivity index (χ3v) is 9.26. The van der Waals surface area contributed by atoms with Crippen molar-refractivity contribution in [1.29, 1.82) is 0 Å². The van der Waals surface area contributed by atoms with E-state index >= 15 is 0 Å². The van der Waals surface area contributed by atoms with Crippen LogP contribution in [-0.2, 0) is 10.2 Å². The largest absolute Gasteiger partial charge is 0.470 e. The maximum Gasteiger partial charge on any atom is 0.228 e. The molecule has 2 aromatic rings. The van der Waals surface area contributed by atoms with E-state index in [2.05, 4.69) is 61.5 Å². The van der Waals surface area contributed by atoms with Crippen molar-refractivity contribution in [3.8, 4) is 0 Å². The normalized spacial score (nSPS) is 24.6. The summed E-state index contributed by atoms with van der Waals surface area (Å²) in [5, 5.41) is 0.773. The first-order chi connectivity index (χ1) is 17.5. The van der Waals surface area contributed by atoms with E-state index < -0.39 is 0 Å². The van der Waals surface area contributed by atoms with Crippen molar-refractivity contribution in [2.75, 3.05) is 36.0 Å². The zero-order valence-corrected chi connectivity index (χ0v) is 24.1. The summed E-state index contributed by atoms with van der Waals surface area (Å²) >= 11 is 6.39. The summed E-state index contributed by atoms with van der Waals surface area (Å²) in [7, 11) is 0. The molecule has 2 saturated heterocycles. The lowest BCUT2D eigenvalue weighted by Crippen LogP contribution is -2.52. The number of hydrogen-bond donors (Lipinski definition) is 0. The van der Waals surface area contributed by atoms with Gasteiger partial charge < -0.3 is 19.1 Å². The number of rotatable bonds is 5. The van der Waals surface area contributed by atoms with E-state index in [1.807, 2.05) is 18.4 Å². The molecule has 0 N–H and O–H groups in total. The number of amides is 1. The predicted octanol–water partition coefficient (Wildman–Crippen LogP) is 7.13. The second kappa shape index (κ2) is 10.2. The third-order valence-electron chi connectivity index (χ3n) is 9.03. The summed E-state index contributed by atoms with van der Waals surface area (Å²) in [6.07, 6.45) is 10.1. The Morgan fingerprint density at radius 2 is 1.73 bits per heavy atom. The molecule has 0 bridgehead atoms. The van der Waals surface area contributed by atoms with Crippen LogP contribution in [0.2, 0.25) is 5.02 Å². The summed E-state index contributed by atoms with van der Waals surface area (Å²) in [6, 6.07) is 8.89. The third kappa shape index (κ3) is 5.67. The van der Waals surface area contributed by atoms with Gasteiger partial charge in [-0.3, -0.25) is 4.79 Å². The molecule has 1 aromatic heterocycles. The smallest absolute Gasteiger partial charge is 0.228 e.